The second-order valence-electron chi connectivity index (χ2n) is 5.30. The van der Waals surface area contributed by atoms with Gasteiger partial charge in [0.15, 0.2) is 6.61 Å². The van der Waals surface area contributed by atoms with E-state index in [2.05, 4.69) is 22.0 Å². The van der Waals surface area contributed by atoms with Crippen molar-refractivity contribution >= 4 is 5.69 Å². The molecule has 1 saturated carbocycles. The Morgan fingerprint density at radius 1 is 1.30 bits per heavy atom. The molecule has 0 spiro atoms. The van der Waals surface area contributed by atoms with Gasteiger partial charge < -0.3 is 10.1 Å². The summed E-state index contributed by atoms with van der Waals surface area (Å²) in [6.45, 7) is 0.900. The summed E-state index contributed by atoms with van der Waals surface area (Å²) in [5, 5.41) is 3.39. The van der Waals surface area contributed by atoms with Crippen molar-refractivity contribution in [1.82, 2.24) is 4.98 Å². The minimum atomic E-state index is -4.34. The minimum absolute atomic E-state index is 0.00966. The van der Waals surface area contributed by atoms with Gasteiger partial charge in [-0.05, 0) is 24.8 Å². The zero-order valence-corrected chi connectivity index (χ0v) is 11.4. The molecule has 1 aliphatic rings. The number of alkyl halides is 3. The first kappa shape index (κ1) is 14.9. The monoisotopic (exact) mass is 288 g/mol. The Morgan fingerprint density at radius 3 is 2.65 bits per heavy atom. The average Bonchev–Trinajstić information content (AvgIpc) is 2.40. The van der Waals surface area contributed by atoms with E-state index in [1.165, 1.54) is 31.5 Å². The second-order valence-corrected chi connectivity index (χ2v) is 5.30. The van der Waals surface area contributed by atoms with Crippen molar-refractivity contribution in [2.24, 2.45) is 5.92 Å². The molecule has 112 valence electrons. The number of nitrogens with zero attached hydrogens (tertiary/aromatic N) is 1. The fourth-order valence-corrected chi connectivity index (χ4v) is 2.45. The van der Waals surface area contributed by atoms with E-state index in [1.54, 1.807) is 6.07 Å². The van der Waals surface area contributed by atoms with Crippen LogP contribution in [-0.4, -0.2) is 23.8 Å². The number of anilines is 1. The van der Waals surface area contributed by atoms with Crippen LogP contribution in [0.3, 0.4) is 0 Å². The van der Waals surface area contributed by atoms with E-state index in [0.717, 1.165) is 12.1 Å². The first-order chi connectivity index (χ1) is 9.44. The third-order valence-electron chi connectivity index (χ3n) is 3.58. The van der Waals surface area contributed by atoms with E-state index < -0.39 is 12.8 Å². The molecule has 2 rings (SSSR count). The topological polar surface area (TPSA) is 34.1 Å². The van der Waals surface area contributed by atoms with Gasteiger partial charge in [0.25, 0.3) is 0 Å². The third-order valence-corrected chi connectivity index (χ3v) is 3.58. The fraction of sp³-hybridized carbons (Fsp3) is 0.643. The lowest BCUT2D eigenvalue weighted by Crippen LogP contribution is -2.30. The number of rotatable bonds is 4. The van der Waals surface area contributed by atoms with Gasteiger partial charge in [-0.3, -0.25) is 0 Å². The number of hydrogen-bond donors (Lipinski definition) is 1. The largest absolute Gasteiger partial charge is 0.468 e. The molecule has 1 fully saturated rings. The van der Waals surface area contributed by atoms with E-state index in [-0.39, 0.29) is 5.88 Å². The summed E-state index contributed by atoms with van der Waals surface area (Å²) in [5.74, 6) is 0.592. The molecule has 0 amide bonds. The van der Waals surface area contributed by atoms with Crippen molar-refractivity contribution in [3.05, 3.63) is 18.3 Å². The molecule has 1 heterocycles. The lowest BCUT2D eigenvalue weighted by Gasteiger charge is -2.30. The molecule has 3 nitrogen and oxygen atoms in total. The predicted molar refractivity (Wildman–Crippen MR) is 70.8 cm³/mol. The van der Waals surface area contributed by atoms with Gasteiger partial charge in [-0.1, -0.05) is 19.8 Å². The maximum absolute atomic E-state index is 12.0. The lowest BCUT2D eigenvalue weighted by atomic mass is 9.86. The number of nitrogens with one attached hydrogen (secondary N) is 1. The van der Waals surface area contributed by atoms with Crippen LogP contribution in [0.5, 0.6) is 5.88 Å². The van der Waals surface area contributed by atoms with E-state index in [4.69, 9.17) is 0 Å². The normalized spacial score (nSPS) is 23.4. The highest BCUT2D eigenvalue weighted by atomic mass is 19.4. The Morgan fingerprint density at radius 2 is 2.05 bits per heavy atom. The Balaban J connectivity index is 1.88. The van der Waals surface area contributed by atoms with E-state index in [1.807, 2.05) is 0 Å². The average molecular weight is 288 g/mol. The highest BCUT2D eigenvalue weighted by molar-refractivity contribution is 5.43. The van der Waals surface area contributed by atoms with Gasteiger partial charge in [-0.25, -0.2) is 4.98 Å². The molecule has 0 aliphatic heterocycles. The van der Waals surface area contributed by atoms with E-state index >= 15 is 0 Å². The van der Waals surface area contributed by atoms with Gasteiger partial charge in [0, 0.05) is 12.1 Å². The van der Waals surface area contributed by atoms with Crippen LogP contribution in [0.1, 0.15) is 32.6 Å². The van der Waals surface area contributed by atoms with Crippen LogP contribution in [0, 0.1) is 5.92 Å². The maximum atomic E-state index is 12.0. The van der Waals surface area contributed by atoms with Crippen molar-refractivity contribution in [3.63, 3.8) is 0 Å². The molecule has 0 aromatic carbocycles. The van der Waals surface area contributed by atoms with Crippen LogP contribution in [0.15, 0.2) is 18.3 Å². The summed E-state index contributed by atoms with van der Waals surface area (Å²) in [5.41, 5.74) is 0.822. The van der Waals surface area contributed by atoms with Crippen molar-refractivity contribution < 1.29 is 17.9 Å². The first-order valence-electron chi connectivity index (χ1n) is 6.86. The van der Waals surface area contributed by atoms with Crippen LogP contribution in [0.2, 0.25) is 0 Å². The van der Waals surface area contributed by atoms with E-state index in [0.29, 0.717) is 12.0 Å². The lowest BCUT2D eigenvalue weighted by molar-refractivity contribution is -0.154. The highest BCUT2D eigenvalue weighted by Crippen LogP contribution is 2.27. The molecule has 1 aliphatic carbocycles. The smallest absolute Gasteiger partial charge is 0.422 e. The Labute approximate surface area is 116 Å². The molecule has 1 aromatic rings. The Hall–Kier alpha value is -1.46. The summed E-state index contributed by atoms with van der Waals surface area (Å²) in [7, 11) is 0. The fourth-order valence-electron chi connectivity index (χ4n) is 2.45. The molecule has 0 saturated heterocycles. The Kier molecular flexibility index (Phi) is 4.73. The second kappa shape index (κ2) is 6.33. The molecular formula is C14H19F3N2O. The summed E-state index contributed by atoms with van der Waals surface area (Å²) >= 11 is 0. The third kappa shape index (κ3) is 4.58. The number of hydrogen-bond acceptors (Lipinski definition) is 3. The van der Waals surface area contributed by atoms with Gasteiger partial charge in [0.05, 0.1) is 11.9 Å². The quantitative estimate of drug-likeness (QED) is 0.909. The van der Waals surface area contributed by atoms with Gasteiger partial charge in [0.2, 0.25) is 5.88 Å². The van der Waals surface area contributed by atoms with Crippen LogP contribution < -0.4 is 10.1 Å². The summed E-state index contributed by atoms with van der Waals surface area (Å²) in [6.07, 6.45) is 1.98. The highest BCUT2D eigenvalue weighted by Gasteiger charge is 2.28. The standard InChI is InChI=1S/C14H19F3N2O/c1-10-4-2-3-5-12(10)19-11-6-7-13(18-8-11)20-9-14(15,16)17/h6-8,10,12,19H,2-5,9H2,1H3. The molecule has 2 unspecified atom stereocenters. The van der Waals surface area contributed by atoms with Crippen LogP contribution in [0.4, 0.5) is 18.9 Å². The van der Waals surface area contributed by atoms with Crippen molar-refractivity contribution in [2.75, 3.05) is 11.9 Å². The molecule has 0 radical (unpaired) electrons. The number of ether oxygens (including phenoxy) is 1. The summed E-state index contributed by atoms with van der Waals surface area (Å²) in [4.78, 5) is 3.89. The van der Waals surface area contributed by atoms with Crippen molar-refractivity contribution in [2.45, 2.75) is 44.8 Å². The Bertz CT molecular complexity index is 419. The van der Waals surface area contributed by atoms with Crippen LogP contribution in [0.25, 0.3) is 0 Å². The van der Waals surface area contributed by atoms with Crippen molar-refractivity contribution in [1.29, 1.82) is 0 Å². The zero-order chi connectivity index (χ0) is 14.6. The molecule has 0 bridgehead atoms. The molecular weight excluding hydrogens is 269 g/mol. The maximum Gasteiger partial charge on any atom is 0.422 e. The SMILES string of the molecule is CC1CCCCC1Nc1ccc(OCC(F)(F)F)nc1. The number of halogens is 3. The first-order valence-corrected chi connectivity index (χ1v) is 6.86. The van der Waals surface area contributed by atoms with Crippen LogP contribution >= 0.6 is 0 Å². The minimum Gasteiger partial charge on any atom is -0.468 e. The van der Waals surface area contributed by atoms with E-state index in [9.17, 15) is 13.2 Å². The zero-order valence-electron chi connectivity index (χ0n) is 11.4. The van der Waals surface area contributed by atoms with Gasteiger partial charge >= 0.3 is 6.18 Å². The molecule has 20 heavy (non-hydrogen) atoms. The molecule has 1 N–H and O–H groups in total. The van der Waals surface area contributed by atoms with Crippen LogP contribution in [-0.2, 0) is 0 Å². The predicted octanol–water partition coefficient (Wildman–Crippen LogP) is 4.01. The summed E-state index contributed by atoms with van der Waals surface area (Å²) < 4.78 is 40.6. The van der Waals surface area contributed by atoms with Crippen molar-refractivity contribution in [3.8, 4) is 5.88 Å². The summed E-state index contributed by atoms with van der Waals surface area (Å²) in [6, 6.07) is 3.58. The molecule has 2 atom stereocenters. The van der Waals surface area contributed by atoms with Gasteiger partial charge in [-0.2, -0.15) is 13.2 Å². The van der Waals surface area contributed by atoms with Gasteiger partial charge in [-0.15, -0.1) is 0 Å². The molecule has 6 heteroatoms. The number of pyridine rings is 1. The van der Waals surface area contributed by atoms with Gasteiger partial charge in [0.1, 0.15) is 0 Å². The number of aromatic nitrogens is 1. The molecule has 1 aromatic heterocycles.